The largest absolute Gasteiger partial charge is 0.569 e. The summed E-state index contributed by atoms with van der Waals surface area (Å²) in [4.78, 5) is 0.445. The monoisotopic (exact) mass is 205 g/mol. The van der Waals surface area contributed by atoms with Gasteiger partial charge in [-0.05, 0) is 24.2 Å². The van der Waals surface area contributed by atoms with Gasteiger partial charge in [0.2, 0.25) is 0 Å². The second kappa shape index (κ2) is 2.31. The zero-order chi connectivity index (χ0) is 10.8. The van der Waals surface area contributed by atoms with Crippen LogP contribution in [0.5, 0.6) is 0 Å². The van der Waals surface area contributed by atoms with E-state index < -0.39 is 0 Å². The highest BCUT2D eigenvalue weighted by Gasteiger charge is 2.61. The van der Waals surface area contributed by atoms with Crippen molar-refractivity contribution in [2.24, 2.45) is 5.41 Å². The molecule has 2 atom stereocenters. The Labute approximate surface area is 88.9 Å². The number of nitrogens with zero attached hydrogens (tertiary/aromatic N) is 3. The van der Waals surface area contributed by atoms with Crippen molar-refractivity contribution in [3.8, 4) is 0 Å². The van der Waals surface area contributed by atoms with Crippen LogP contribution in [0.4, 0.5) is 0 Å². The van der Waals surface area contributed by atoms with Gasteiger partial charge < -0.3 is 5.21 Å². The van der Waals surface area contributed by atoms with Crippen LogP contribution >= 0.6 is 0 Å². The van der Waals surface area contributed by atoms with E-state index in [1.165, 1.54) is 12.0 Å². The van der Waals surface area contributed by atoms with E-state index in [1.807, 2.05) is 0 Å². The average molecular weight is 205 g/mol. The van der Waals surface area contributed by atoms with Gasteiger partial charge in [-0.2, -0.15) is 0 Å². The molecule has 0 radical (unpaired) electrons. The molecule has 0 saturated heterocycles. The van der Waals surface area contributed by atoms with E-state index in [4.69, 9.17) is 0 Å². The standard InChI is InChI=1S/C11H15N3O/c1-10(2)8-4-5-11(10,3)9-7(8)6-12-14(15)13-9/h6,8H,4-5H2,1-3H3/t8-,11+/m1/s1. The fourth-order valence-corrected chi connectivity index (χ4v) is 3.49. The molecule has 1 heterocycles. The number of hydrogen-bond acceptors (Lipinski definition) is 3. The van der Waals surface area contributed by atoms with Crippen molar-refractivity contribution in [2.75, 3.05) is 0 Å². The first kappa shape index (κ1) is 9.07. The van der Waals surface area contributed by atoms with Crippen LogP contribution in [0.3, 0.4) is 0 Å². The summed E-state index contributed by atoms with van der Waals surface area (Å²) in [5, 5.41) is 18.9. The van der Waals surface area contributed by atoms with Gasteiger partial charge in [-0.15, -0.1) is 0 Å². The fraction of sp³-hybridized carbons (Fsp3) is 0.727. The third kappa shape index (κ3) is 0.817. The molecule has 0 amide bonds. The van der Waals surface area contributed by atoms with Crippen molar-refractivity contribution in [1.82, 2.24) is 10.2 Å². The summed E-state index contributed by atoms with van der Waals surface area (Å²) in [6, 6.07) is 0. The van der Waals surface area contributed by atoms with Crippen molar-refractivity contribution in [3.05, 3.63) is 22.7 Å². The van der Waals surface area contributed by atoms with Gasteiger partial charge in [-0.1, -0.05) is 20.8 Å². The maximum absolute atomic E-state index is 11.2. The molecule has 4 heteroatoms. The van der Waals surface area contributed by atoms with Crippen LogP contribution in [0.1, 0.15) is 50.8 Å². The summed E-state index contributed by atoms with van der Waals surface area (Å²) >= 11 is 0. The Kier molecular flexibility index (Phi) is 1.40. The summed E-state index contributed by atoms with van der Waals surface area (Å²) < 4.78 is 0. The third-order valence-corrected chi connectivity index (χ3v) is 4.88. The molecule has 1 saturated carbocycles. The highest BCUT2D eigenvalue weighted by Crippen LogP contribution is 2.66. The third-order valence-electron chi connectivity index (χ3n) is 4.88. The highest BCUT2D eigenvalue weighted by atomic mass is 16.5. The Morgan fingerprint density at radius 1 is 1.47 bits per heavy atom. The van der Waals surface area contributed by atoms with Gasteiger partial charge in [0.1, 0.15) is 11.9 Å². The Bertz CT molecular complexity index is 443. The molecule has 2 aliphatic rings. The summed E-state index contributed by atoms with van der Waals surface area (Å²) in [7, 11) is 0. The minimum atomic E-state index is 0.0576. The molecule has 0 aliphatic heterocycles. The summed E-state index contributed by atoms with van der Waals surface area (Å²) in [6.45, 7) is 6.79. The molecule has 0 N–H and O–H groups in total. The lowest BCUT2D eigenvalue weighted by Crippen LogP contribution is -2.40. The van der Waals surface area contributed by atoms with Crippen LogP contribution < -0.4 is 4.96 Å². The SMILES string of the molecule is CC1(C)[C@@H]2CC[C@@]1(C)c1n[n+]([O-])ncc12. The average Bonchev–Trinajstić information content (AvgIpc) is 2.48. The number of rotatable bonds is 0. The quantitative estimate of drug-likeness (QED) is 0.473. The molecular weight excluding hydrogens is 190 g/mol. The number of fused-ring (bicyclic) bond motifs is 5. The van der Waals surface area contributed by atoms with Crippen molar-refractivity contribution in [1.29, 1.82) is 0 Å². The predicted octanol–water partition coefficient (Wildman–Crippen LogP) is 1.28. The van der Waals surface area contributed by atoms with Gasteiger partial charge >= 0.3 is 0 Å². The Morgan fingerprint density at radius 2 is 2.20 bits per heavy atom. The van der Waals surface area contributed by atoms with E-state index in [2.05, 4.69) is 31.0 Å². The molecular formula is C11H15N3O. The maximum Gasteiger partial charge on any atom is 0.124 e. The first-order valence-corrected chi connectivity index (χ1v) is 5.44. The lowest BCUT2D eigenvalue weighted by molar-refractivity contribution is -0.729. The Morgan fingerprint density at radius 3 is 2.93 bits per heavy atom. The summed E-state index contributed by atoms with van der Waals surface area (Å²) in [5.74, 6) is 0.527. The van der Waals surface area contributed by atoms with Gasteiger partial charge in [-0.3, -0.25) is 0 Å². The lowest BCUT2D eigenvalue weighted by atomic mass is 9.70. The second-order valence-corrected chi connectivity index (χ2v) is 5.55. The van der Waals surface area contributed by atoms with E-state index in [-0.39, 0.29) is 10.8 Å². The topological polar surface area (TPSA) is 52.7 Å². The van der Waals surface area contributed by atoms with Crippen LogP contribution in [0.15, 0.2) is 6.20 Å². The van der Waals surface area contributed by atoms with Gasteiger partial charge in [0.15, 0.2) is 0 Å². The maximum atomic E-state index is 11.2. The molecule has 2 aliphatic carbocycles. The molecule has 2 bridgehead atoms. The normalized spacial score (nSPS) is 35.5. The van der Waals surface area contributed by atoms with Crippen LogP contribution in [0, 0.1) is 10.6 Å². The smallest absolute Gasteiger partial charge is 0.124 e. The van der Waals surface area contributed by atoms with Crippen molar-refractivity contribution >= 4 is 0 Å². The minimum Gasteiger partial charge on any atom is -0.569 e. The van der Waals surface area contributed by atoms with E-state index in [0.29, 0.717) is 10.9 Å². The number of hydrogen-bond donors (Lipinski definition) is 0. The molecule has 0 spiro atoms. The van der Waals surface area contributed by atoms with Crippen molar-refractivity contribution in [3.63, 3.8) is 0 Å². The zero-order valence-corrected chi connectivity index (χ0v) is 9.32. The van der Waals surface area contributed by atoms with E-state index in [1.54, 1.807) is 6.20 Å². The van der Waals surface area contributed by atoms with Gasteiger partial charge in [0.05, 0.1) is 4.96 Å². The molecule has 1 aromatic rings. The van der Waals surface area contributed by atoms with Gasteiger partial charge in [0, 0.05) is 21.2 Å². The zero-order valence-electron chi connectivity index (χ0n) is 9.32. The molecule has 0 unspecified atom stereocenters. The second-order valence-electron chi connectivity index (χ2n) is 5.55. The lowest BCUT2D eigenvalue weighted by Gasteiger charge is -2.33. The molecule has 3 rings (SSSR count). The van der Waals surface area contributed by atoms with Crippen LogP contribution in [0.25, 0.3) is 0 Å². The Balaban J connectivity index is 2.29. The van der Waals surface area contributed by atoms with Crippen molar-refractivity contribution < 1.29 is 4.96 Å². The molecule has 1 fully saturated rings. The molecule has 4 nitrogen and oxygen atoms in total. The van der Waals surface area contributed by atoms with E-state index in [9.17, 15) is 5.21 Å². The fourth-order valence-electron chi connectivity index (χ4n) is 3.49. The van der Waals surface area contributed by atoms with Crippen LogP contribution in [0.2, 0.25) is 0 Å². The molecule has 1 aromatic heterocycles. The highest BCUT2D eigenvalue weighted by molar-refractivity contribution is 5.42. The van der Waals surface area contributed by atoms with Gasteiger partial charge in [0.25, 0.3) is 0 Å². The van der Waals surface area contributed by atoms with Crippen molar-refractivity contribution in [2.45, 2.75) is 44.9 Å². The molecule has 0 aromatic carbocycles. The predicted molar refractivity (Wildman–Crippen MR) is 54.1 cm³/mol. The van der Waals surface area contributed by atoms with E-state index in [0.717, 1.165) is 12.1 Å². The number of aromatic nitrogens is 3. The molecule has 15 heavy (non-hydrogen) atoms. The summed E-state index contributed by atoms with van der Waals surface area (Å²) in [6.07, 6.45) is 4.05. The first-order chi connectivity index (χ1) is 6.97. The first-order valence-electron chi connectivity index (χ1n) is 5.44. The van der Waals surface area contributed by atoms with Crippen LogP contribution in [-0.2, 0) is 5.41 Å². The van der Waals surface area contributed by atoms with E-state index >= 15 is 0 Å². The summed E-state index contributed by atoms with van der Waals surface area (Å²) in [5.41, 5.74) is 2.44. The minimum absolute atomic E-state index is 0.0576. The Hall–Kier alpha value is -1.19. The van der Waals surface area contributed by atoms with Crippen LogP contribution in [-0.4, -0.2) is 10.2 Å². The molecule has 80 valence electrons. The van der Waals surface area contributed by atoms with Gasteiger partial charge in [-0.25, -0.2) is 0 Å².